The van der Waals surface area contributed by atoms with Crippen molar-refractivity contribution in [1.82, 2.24) is 9.88 Å². The fourth-order valence-electron chi connectivity index (χ4n) is 1.53. The highest BCUT2D eigenvalue weighted by molar-refractivity contribution is 5.94. The first-order valence-electron chi connectivity index (χ1n) is 5.81. The smallest absolute Gasteiger partial charge is 0.384 e. The van der Waals surface area contributed by atoms with E-state index in [-0.39, 0.29) is 17.9 Å². The normalized spacial score (nSPS) is 11.4. The van der Waals surface area contributed by atoms with Crippen molar-refractivity contribution >= 4 is 11.7 Å². The molecule has 2 N–H and O–H groups in total. The number of aryl methyl sites for hydroxylation is 1. The van der Waals surface area contributed by atoms with Gasteiger partial charge in [-0.3, -0.25) is 4.79 Å². The van der Waals surface area contributed by atoms with Gasteiger partial charge in [-0.05, 0) is 18.6 Å². The van der Waals surface area contributed by atoms with Gasteiger partial charge in [0.25, 0.3) is 5.91 Å². The van der Waals surface area contributed by atoms with E-state index in [0.29, 0.717) is 12.1 Å². The molecule has 0 saturated carbocycles. The first-order chi connectivity index (χ1) is 8.73. The van der Waals surface area contributed by atoms with E-state index in [1.54, 1.807) is 6.07 Å². The predicted octanol–water partition coefficient (Wildman–Crippen LogP) is 2.25. The number of alkyl halides is 3. The summed E-state index contributed by atoms with van der Waals surface area (Å²) < 4.78 is 36.3. The van der Waals surface area contributed by atoms with E-state index in [2.05, 4.69) is 4.98 Å². The number of carbonyl (C=O) groups is 1. The fraction of sp³-hybridized carbons (Fsp3) is 0.500. The van der Waals surface area contributed by atoms with E-state index in [1.807, 2.05) is 6.92 Å². The highest BCUT2D eigenvalue weighted by Gasteiger charge is 2.28. The second-order valence-electron chi connectivity index (χ2n) is 4.22. The summed E-state index contributed by atoms with van der Waals surface area (Å²) in [6.07, 6.45) is -4.71. The van der Waals surface area contributed by atoms with Crippen LogP contribution in [0.5, 0.6) is 0 Å². The predicted molar refractivity (Wildman–Crippen MR) is 65.7 cm³/mol. The molecule has 0 aliphatic rings. The zero-order valence-corrected chi connectivity index (χ0v) is 10.8. The number of nitrogen functional groups attached to an aromatic ring is 1. The van der Waals surface area contributed by atoms with Crippen molar-refractivity contribution in [3.05, 3.63) is 23.4 Å². The highest BCUT2D eigenvalue weighted by Crippen LogP contribution is 2.20. The van der Waals surface area contributed by atoms with Crippen molar-refractivity contribution in [2.75, 3.05) is 19.3 Å². The molecule has 0 aromatic carbocycles. The van der Waals surface area contributed by atoms with Gasteiger partial charge in [0.1, 0.15) is 5.82 Å². The van der Waals surface area contributed by atoms with Gasteiger partial charge in [-0.15, -0.1) is 0 Å². The molecule has 0 atom stereocenters. The van der Waals surface area contributed by atoms with Crippen LogP contribution in [-0.4, -0.2) is 35.6 Å². The zero-order valence-electron chi connectivity index (χ0n) is 10.8. The van der Waals surface area contributed by atoms with E-state index < -0.39 is 18.5 Å². The van der Waals surface area contributed by atoms with Crippen LogP contribution in [0.2, 0.25) is 0 Å². The summed E-state index contributed by atoms with van der Waals surface area (Å²) in [5, 5.41) is 0. The van der Waals surface area contributed by atoms with E-state index in [1.165, 1.54) is 13.1 Å². The number of pyridine rings is 1. The summed E-state index contributed by atoms with van der Waals surface area (Å²) in [7, 11) is 1.33. The van der Waals surface area contributed by atoms with Gasteiger partial charge in [-0.25, -0.2) is 4.98 Å². The summed E-state index contributed by atoms with van der Waals surface area (Å²) in [4.78, 5) is 17.0. The number of rotatable bonds is 4. The maximum Gasteiger partial charge on any atom is 0.390 e. The van der Waals surface area contributed by atoms with Crippen LogP contribution in [0.1, 0.15) is 29.4 Å². The Kier molecular flexibility index (Phi) is 4.74. The average Bonchev–Trinajstić information content (AvgIpc) is 2.33. The average molecular weight is 275 g/mol. The maximum absolute atomic E-state index is 12.1. The minimum Gasteiger partial charge on any atom is -0.384 e. The van der Waals surface area contributed by atoms with Crippen LogP contribution < -0.4 is 5.73 Å². The van der Waals surface area contributed by atoms with E-state index >= 15 is 0 Å². The molecule has 1 heterocycles. The third-order valence-electron chi connectivity index (χ3n) is 2.58. The SMILES string of the molecule is CCc1cc(C(=O)N(C)CCC(F)(F)F)cc(N)n1. The van der Waals surface area contributed by atoms with Crippen molar-refractivity contribution in [2.24, 2.45) is 0 Å². The van der Waals surface area contributed by atoms with Crippen LogP contribution in [0.25, 0.3) is 0 Å². The maximum atomic E-state index is 12.1. The molecule has 4 nitrogen and oxygen atoms in total. The van der Waals surface area contributed by atoms with Gasteiger partial charge in [0.2, 0.25) is 0 Å². The molecule has 0 aliphatic heterocycles. The molecule has 0 saturated heterocycles. The Morgan fingerprint density at radius 1 is 1.42 bits per heavy atom. The van der Waals surface area contributed by atoms with Gasteiger partial charge in [-0.1, -0.05) is 6.92 Å². The van der Waals surface area contributed by atoms with Crippen LogP contribution in [0, 0.1) is 0 Å². The largest absolute Gasteiger partial charge is 0.390 e. The lowest BCUT2D eigenvalue weighted by Gasteiger charge is -2.18. The zero-order chi connectivity index (χ0) is 14.6. The number of aromatic nitrogens is 1. The Bertz CT molecular complexity index is 460. The van der Waals surface area contributed by atoms with E-state index in [9.17, 15) is 18.0 Å². The van der Waals surface area contributed by atoms with Gasteiger partial charge in [0.15, 0.2) is 0 Å². The molecule has 19 heavy (non-hydrogen) atoms. The third kappa shape index (κ3) is 4.76. The Labute approximate surface area is 109 Å². The van der Waals surface area contributed by atoms with Crippen molar-refractivity contribution in [3.63, 3.8) is 0 Å². The topological polar surface area (TPSA) is 59.2 Å². The monoisotopic (exact) mass is 275 g/mol. The van der Waals surface area contributed by atoms with Crippen molar-refractivity contribution in [3.8, 4) is 0 Å². The van der Waals surface area contributed by atoms with E-state index in [4.69, 9.17) is 5.73 Å². The van der Waals surface area contributed by atoms with Gasteiger partial charge in [-0.2, -0.15) is 13.2 Å². The van der Waals surface area contributed by atoms with Gasteiger partial charge < -0.3 is 10.6 Å². The number of anilines is 1. The summed E-state index contributed by atoms with van der Waals surface area (Å²) in [5.74, 6) is -0.306. The summed E-state index contributed by atoms with van der Waals surface area (Å²) in [5.41, 5.74) is 6.44. The Morgan fingerprint density at radius 2 is 2.05 bits per heavy atom. The fourth-order valence-corrected chi connectivity index (χ4v) is 1.53. The van der Waals surface area contributed by atoms with Crippen molar-refractivity contribution in [1.29, 1.82) is 0 Å². The van der Waals surface area contributed by atoms with Crippen LogP contribution in [0.3, 0.4) is 0 Å². The lowest BCUT2D eigenvalue weighted by atomic mass is 10.1. The molecule has 1 rings (SSSR count). The molecule has 7 heteroatoms. The van der Waals surface area contributed by atoms with Crippen molar-refractivity contribution < 1.29 is 18.0 Å². The van der Waals surface area contributed by atoms with Crippen molar-refractivity contribution in [2.45, 2.75) is 25.9 Å². The molecule has 0 spiro atoms. The molecule has 0 fully saturated rings. The minimum atomic E-state index is -4.28. The van der Waals surface area contributed by atoms with Crippen LogP contribution >= 0.6 is 0 Å². The molecule has 0 aliphatic carbocycles. The summed E-state index contributed by atoms with van der Waals surface area (Å²) in [6, 6.07) is 2.91. The Hall–Kier alpha value is -1.79. The number of nitrogens with two attached hydrogens (primary N) is 1. The standard InChI is InChI=1S/C12H16F3N3O/c1-3-9-6-8(7-10(16)17-9)11(19)18(2)5-4-12(13,14)15/h6-7H,3-5H2,1-2H3,(H2,16,17). The highest BCUT2D eigenvalue weighted by atomic mass is 19.4. The Morgan fingerprint density at radius 3 is 2.58 bits per heavy atom. The lowest BCUT2D eigenvalue weighted by Crippen LogP contribution is -2.30. The number of carbonyl (C=O) groups excluding carboxylic acids is 1. The lowest BCUT2D eigenvalue weighted by molar-refractivity contribution is -0.136. The second-order valence-corrected chi connectivity index (χ2v) is 4.22. The number of nitrogens with zero attached hydrogens (tertiary/aromatic N) is 2. The summed E-state index contributed by atoms with van der Waals surface area (Å²) in [6.45, 7) is 1.47. The quantitative estimate of drug-likeness (QED) is 0.916. The summed E-state index contributed by atoms with van der Waals surface area (Å²) >= 11 is 0. The molecule has 1 aromatic rings. The number of amides is 1. The molecular weight excluding hydrogens is 259 g/mol. The number of hydrogen-bond donors (Lipinski definition) is 1. The first-order valence-corrected chi connectivity index (χ1v) is 5.81. The van der Waals surface area contributed by atoms with Gasteiger partial charge in [0, 0.05) is 24.8 Å². The molecule has 1 aromatic heterocycles. The minimum absolute atomic E-state index is 0.187. The molecule has 1 amide bonds. The van der Waals surface area contributed by atoms with Crippen LogP contribution in [-0.2, 0) is 6.42 Å². The second kappa shape index (κ2) is 5.90. The molecule has 0 unspecified atom stereocenters. The Balaban J connectivity index is 2.79. The van der Waals surface area contributed by atoms with Crippen LogP contribution in [0.15, 0.2) is 12.1 Å². The van der Waals surface area contributed by atoms with Gasteiger partial charge >= 0.3 is 6.18 Å². The number of halogens is 3. The van der Waals surface area contributed by atoms with Gasteiger partial charge in [0.05, 0.1) is 6.42 Å². The number of hydrogen-bond acceptors (Lipinski definition) is 3. The molecule has 0 bridgehead atoms. The first kappa shape index (κ1) is 15.3. The third-order valence-corrected chi connectivity index (χ3v) is 2.58. The molecule has 0 radical (unpaired) electrons. The van der Waals surface area contributed by atoms with Crippen LogP contribution in [0.4, 0.5) is 19.0 Å². The molecular formula is C12H16F3N3O. The molecule has 106 valence electrons. The van der Waals surface area contributed by atoms with E-state index in [0.717, 1.165) is 4.90 Å².